The highest BCUT2D eigenvalue weighted by atomic mass is 32.2. The summed E-state index contributed by atoms with van der Waals surface area (Å²) in [6, 6.07) is 10.3. The molecule has 4 heteroatoms. The van der Waals surface area contributed by atoms with Crippen molar-refractivity contribution in [2.24, 2.45) is 0 Å². The Morgan fingerprint density at radius 3 is 2.45 bits per heavy atom. The van der Waals surface area contributed by atoms with Crippen molar-refractivity contribution in [1.29, 1.82) is 0 Å². The van der Waals surface area contributed by atoms with Gasteiger partial charge in [0.05, 0.1) is 0 Å². The van der Waals surface area contributed by atoms with Gasteiger partial charge in [-0.05, 0) is 72.6 Å². The molecule has 0 fully saturated rings. The van der Waals surface area contributed by atoms with Gasteiger partial charge in [0.1, 0.15) is 5.75 Å². The lowest BCUT2D eigenvalue weighted by atomic mass is 10.0. The van der Waals surface area contributed by atoms with E-state index in [-0.39, 0.29) is 0 Å². The van der Waals surface area contributed by atoms with E-state index in [4.69, 9.17) is 9.84 Å². The van der Waals surface area contributed by atoms with E-state index < -0.39 is 6.16 Å². The third kappa shape index (κ3) is 2.48. The van der Waals surface area contributed by atoms with Gasteiger partial charge in [0.2, 0.25) is 0 Å². The average molecular weight is 312 g/mol. The number of benzene rings is 2. The van der Waals surface area contributed by atoms with Crippen molar-refractivity contribution in [3.8, 4) is 5.75 Å². The van der Waals surface area contributed by atoms with E-state index >= 15 is 0 Å². The van der Waals surface area contributed by atoms with Crippen LogP contribution in [0.3, 0.4) is 0 Å². The van der Waals surface area contributed by atoms with Crippen molar-refractivity contribution in [3.63, 3.8) is 0 Å². The molecule has 1 heterocycles. The summed E-state index contributed by atoms with van der Waals surface area (Å²) in [7, 11) is 0. The zero-order valence-corrected chi connectivity index (χ0v) is 12.9. The summed E-state index contributed by atoms with van der Waals surface area (Å²) in [4.78, 5) is 13.1. The molecule has 0 atom stereocenters. The summed E-state index contributed by atoms with van der Waals surface area (Å²) in [5, 5.41) is 8.76. The molecule has 112 valence electrons. The lowest BCUT2D eigenvalue weighted by Gasteiger charge is -2.09. The normalized spacial score (nSPS) is 15.5. The molecule has 0 spiro atoms. The number of aryl methyl sites for hydroxylation is 4. The minimum absolute atomic E-state index is 0.392. The summed E-state index contributed by atoms with van der Waals surface area (Å²) >= 11 is 1.74. The van der Waals surface area contributed by atoms with E-state index in [1.807, 2.05) is 12.1 Å². The van der Waals surface area contributed by atoms with E-state index in [9.17, 15) is 4.79 Å². The van der Waals surface area contributed by atoms with Gasteiger partial charge in [-0.2, -0.15) is 0 Å². The minimum Gasteiger partial charge on any atom is -0.449 e. The monoisotopic (exact) mass is 312 g/mol. The Balaban J connectivity index is 1.72. The van der Waals surface area contributed by atoms with Crippen LogP contribution in [0.15, 0.2) is 40.1 Å². The fraction of sp³-hybridized carbons (Fsp3) is 0.278. The van der Waals surface area contributed by atoms with Gasteiger partial charge in [-0.25, -0.2) is 4.79 Å². The Morgan fingerprint density at radius 2 is 1.64 bits per heavy atom. The molecule has 0 bridgehead atoms. The second kappa shape index (κ2) is 5.36. The summed E-state index contributed by atoms with van der Waals surface area (Å²) in [5.74, 6) is 0.392. The average Bonchev–Trinajstić information content (AvgIpc) is 2.85. The molecule has 3 nitrogen and oxygen atoms in total. The Morgan fingerprint density at radius 1 is 0.909 bits per heavy atom. The third-order valence-corrected chi connectivity index (χ3v) is 5.60. The van der Waals surface area contributed by atoms with Crippen molar-refractivity contribution in [1.82, 2.24) is 0 Å². The zero-order valence-electron chi connectivity index (χ0n) is 12.1. The van der Waals surface area contributed by atoms with Crippen LogP contribution >= 0.6 is 11.8 Å². The lowest BCUT2D eigenvalue weighted by molar-refractivity contribution is 0.144. The van der Waals surface area contributed by atoms with Crippen LogP contribution in [-0.2, 0) is 25.7 Å². The highest BCUT2D eigenvalue weighted by Crippen LogP contribution is 2.41. The predicted octanol–water partition coefficient (Wildman–Crippen LogP) is 4.48. The first kappa shape index (κ1) is 13.7. The summed E-state index contributed by atoms with van der Waals surface area (Å²) in [6.07, 6.45) is 4.41. The first-order valence-electron chi connectivity index (χ1n) is 7.55. The van der Waals surface area contributed by atoms with Crippen molar-refractivity contribution in [3.05, 3.63) is 52.6 Å². The second-order valence-electron chi connectivity index (χ2n) is 5.82. The van der Waals surface area contributed by atoms with Gasteiger partial charge in [0.15, 0.2) is 0 Å². The van der Waals surface area contributed by atoms with Crippen molar-refractivity contribution in [2.45, 2.75) is 41.9 Å². The van der Waals surface area contributed by atoms with Crippen LogP contribution in [0, 0.1) is 0 Å². The number of hydrogen-bond acceptors (Lipinski definition) is 3. The van der Waals surface area contributed by atoms with Gasteiger partial charge in [-0.15, -0.1) is 0 Å². The molecule has 0 aromatic heterocycles. The Bertz CT molecular complexity index is 767. The molecule has 0 saturated heterocycles. The van der Waals surface area contributed by atoms with Crippen LogP contribution in [-0.4, -0.2) is 11.3 Å². The SMILES string of the molecule is O=C(O)Oc1ccc2c(c1)Sc1cc3c(cc1CC2)CCC3. The first-order valence-corrected chi connectivity index (χ1v) is 8.37. The second-order valence-corrected chi connectivity index (χ2v) is 6.91. The molecule has 2 aliphatic rings. The molecule has 1 aliphatic carbocycles. The highest BCUT2D eigenvalue weighted by Gasteiger charge is 2.19. The molecular weight excluding hydrogens is 296 g/mol. The smallest absolute Gasteiger partial charge is 0.449 e. The summed E-state index contributed by atoms with van der Waals surface area (Å²) in [6.45, 7) is 0. The van der Waals surface area contributed by atoms with Crippen LogP contribution in [0.1, 0.15) is 28.7 Å². The number of carboxylic acid groups (broad SMARTS) is 1. The molecule has 4 rings (SSSR count). The van der Waals surface area contributed by atoms with Crippen molar-refractivity contribution in [2.75, 3.05) is 0 Å². The van der Waals surface area contributed by atoms with Crippen molar-refractivity contribution >= 4 is 17.9 Å². The lowest BCUT2D eigenvalue weighted by Crippen LogP contribution is -2.03. The predicted molar refractivity (Wildman–Crippen MR) is 85.1 cm³/mol. The molecule has 1 aliphatic heterocycles. The molecule has 0 radical (unpaired) electrons. The molecule has 0 amide bonds. The van der Waals surface area contributed by atoms with E-state index in [1.165, 1.54) is 46.4 Å². The Kier molecular flexibility index (Phi) is 3.34. The van der Waals surface area contributed by atoms with E-state index in [0.29, 0.717) is 5.75 Å². The maximum Gasteiger partial charge on any atom is 0.511 e. The topological polar surface area (TPSA) is 46.5 Å². The molecule has 0 unspecified atom stereocenters. The number of hydrogen-bond donors (Lipinski definition) is 1. The first-order chi connectivity index (χ1) is 10.7. The molecular formula is C18H16O3S. The van der Waals surface area contributed by atoms with Crippen molar-refractivity contribution < 1.29 is 14.6 Å². The maximum absolute atomic E-state index is 10.7. The summed E-state index contributed by atoms with van der Waals surface area (Å²) in [5.41, 5.74) is 5.68. The third-order valence-electron chi connectivity index (χ3n) is 4.40. The Labute approximate surface area is 133 Å². The van der Waals surface area contributed by atoms with Gasteiger partial charge >= 0.3 is 6.16 Å². The number of carbonyl (C=O) groups is 1. The van der Waals surface area contributed by atoms with Gasteiger partial charge in [-0.1, -0.05) is 23.9 Å². The zero-order chi connectivity index (χ0) is 15.1. The van der Waals surface area contributed by atoms with Gasteiger partial charge in [0, 0.05) is 9.79 Å². The largest absolute Gasteiger partial charge is 0.511 e. The molecule has 0 saturated carbocycles. The highest BCUT2D eigenvalue weighted by molar-refractivity contribution is 7.99. The fourth-order valence-electron chi connectivity index (χ4n) is 3.33. The number of ether oxygens (including phenoxy) is 1. The van der Waals surface area contributed by atoms with Crippen LogP contribution in [0.2, 0.25) is 0 Å². The van der Waals surface area contributed by atoms with E-state index in [1.54, 1.807) is 17.8 Å². The van der Waals surface area contributed by atoms with Gasteiger partial charge < -0.3 is 9.84 Å². The minimum atomic E-state index is -1.27. The van der Waals surface area contributed by atoms with Gasteiger partial charge in [0.25, 0.3) is 0 Å². The number of rotatable bonds is 1. The number of fused-ring (bicyclic) bond motifs is 3. The van der Waals surface area contributed by atoms with E-state index in [0.717, 1.165) is 17.7 Å². The van der Waals surface area contributed by atoms with Crippen LogP contribution in [0.5, 0.6) is 5.75 Å². The van der Waals surface area contributed by atoms with Crippen LogP contribution in [0.25, 0.3) is 0 Å². The Hall–Kier alpha value is -1.94. The van der Waals surface area contributed by atoms with Crippen LogP contribution in [0.4, 0.5) is 4.79 Å². The molecule has 22 heavy (non-hydrogen) atoms. The molecule has 2 aromatic carbocycles. The van der Waals surface area contributed by atoms with E-state index in [2.05, 4.69) is 12.1 Å². The summed E-state index contributed by atoms with van der Waals surface area (Å²) < 4.78 is 4.79. The maximum atomic E-state index is 10.7. The van der Waals surface area contributed by atoms with Gasteiger partial charge in [-0.3, -0.25) is 0 Å². The fourth-order valence-corrected chi connectivity index (χ4v) is 4.54. The quantitative estimate of drug-likeness (QED) is 0.623. The van der Waals surface area contributed by atoms with Crippen LogP contribution < -0.4 is 4.74 Å². The molecule has 1 N–H and O–H groups in total. The standard InChI is InChI=1S/C18H16O3S/c19-18(20)21-15-7-6-11-4-5-14-8-12-2-1-3-13(12)9-16(14)22-17(11)10-15/h6-10H,1-5H2,(H,19,20). The molecule has 2 aromatic rings.